The Morgan fingerprint density at radius 2 is 1.94 bits per heavy atom. The van der Waals surface area contributed by atoms with Crippen molar-refractivity contribution in [1.82, 2.24) is 15.2 Å². The van der Waals surface area contributed by atoms with Crippen LogP contribution in [0.5, 0.6) is 5.75 Å². The second-order valence-electron chi connectivity index (χ2n) is 7.84. The van der Waals surface area contributed by atoms with E-state index in [0.717, 1.165) is 17.8 Å². The number of hydrogen-bond acceptors (Lipinski definition) is 7. The number of alkyl halides is 3. The number of rotatable bonds is 9. The summed E-state index contributed by atoms with van der Waals surface area (Å²) in [6, 6.07) is 9.22. The highest BCUT2D eigenvalue weighted by Crippen LogP contribution is 2.26. The first-order valence-corrected chi connectivity index (χ1v) is 10.6. The highest BCUT2D eigenvalue weighted by molar-refractivity contribution is 5.89. The van der Waals surface area contributed by atoms with E-state index in [1.807, 2.05) is 30.1 Å². The number of carbonyl (C=O) groups is 1. The van der Waals surface area contributed by atoms with Crippen molar-refractivity contribution in [3.63, 3.8) is 0 Å². The monoisotopic (exact) mass is 484 g/mol. The number of amides is 2. The zero-order valence-electron chi connectivity index (χ0n) is 18.4. The van der Waals surface area contributed by atoms with Gasteiger partial charge in [0.05, 0.1) is 18.8 Å². The minimum Gasteiger partial charge on any atom is -0.406 e. The Kier molecular flexibility index (Phi) is 8.67. The third-order valence-electron chi connectivity index (χ3n) is 5.41. The Labute approximate surface area is 194 Å². The lowest BCUT2D eigenvalue weighted by atomic mass is 10.0. The number of halogens is 3. The van der Waals surface area contributed by atoms with Gasteiger partial charge in [-0.2, -0.15) is 0 Å². The van der Waals surface area contributed by atoms with Crippen LogP contribution in [0, 0.1) is 0 Å². The molecule has 1 aromatic heterocycles. The number of likely N-dealkylation sites (N-methyl/N-ethyl adjacent to an activating group) is 1. The van der Waals surface area contributed by atoms with Crippen LogP contribution in [-0.2, 0) is 11.2 Å². The summed E-state index contributed by atoms with van der Waals surface area (Å²) in [6.07, 6.45) is -4.82. The zero-order chi connectivity index (χ0) is 24.7. The van der Waals surface area contributed by atoms with E-state index >= 15 is 0 Å². The molecule has 2 amide bonds. The molecule has 1 aliphatic heterocycles. The maximum absolute atomic E-state index is 12.3. The molecule has 186 valence electrons. The molecule has 12 heteroatoms. The number of urea groups is 1. The molecule has 0 spiro atoms. The zero-order valence-corrected chi connectivity index (χ0v) is 18.4. The number of anilines is 1. The summed E-state index contributed by atoms with van der Waals surface area (Å²) in [4.78, 5) is 18.5. The molecule has 34 heavy (non-hydrogen) atoms. The van der Waals surface area contributed by atoms with Crippen molar-refractivity contribution in [1.29, 1.82) is 0 Å². The fraction of sp³-hybridized carbons (Fsp3) is 0.455. The van der Waals surface area contributed by atoms with Crippen LogP contribution < -0.4 is 15.4 Å². The van der Waals surface area contributed by atoms with E-state index in [0.29, 0.717) is 13.0 Å². The van der Waals surface area contributed by atoms with Gasteiger partial charge >= 0.3 is 12.4 Å². The third kappa shape index (κ3) is 7.29. The Bertz CT molecular complexity index is 917. The van der Waals surface area contributed by atoms with Crippen LogP contribution in [-0.4, -0.2) is 83.6 Å². The van der Waals surface area contributed by atoms with Crippen LogP contribution >= 0.6 is 0 Å². The number of aliphatic hydroxyl groups excluding tert-OH is 2. The average Bonchev–Trinajstić information content (AvgIpc) is 3.12. The first-order valence-electron chi connectivity index (χ1n) is 10.6. The van der Waals surface area contributed by atoms with Gasteiger partial charge in [0.1, 0.15) is 18.0 Å². The van der Waals surface area contributed by atoms with Crippen molar-refractivity contribution in [3.05, 3.63) is 54.4 Å². The van der Waals surface area contributed by atoms with Gasteiger partial charge in [0, 0.05) is 37.1 Å². The molecule has 1 fully saturated rings. The topological polar surface area (TPSA) is 116 Å². The van der Waals surface area contributed by atoms with Gasteiger partial charge in [-0.25, -0.2) is 4.79 Å². The Morgan fingerprint density at radius 1 is 1.21 bits per heavy atom. The van der Waals surface area contributed by atoms with Crippen molar-refractivity contribution in [3.8, 4) is 5.75 Å². The van der Waals surface area contributed by atoms with E-state index in [9.17, 15) is 28.2 Å². The highest BCUT2D eigenvalue weighted by atomic mass is 19.4. The molecule has 3 rings (SSSR count). The average molecular weight is 484 g/mol. The van der Waals surface area contributed by atoms with Crippen molar-refractivity contribution in [2.24, 2.45) is 0 Å². The number of aromatic nitrogens is 1. The molecule has 1 aliphatic rings. The smallest absolute Gasteiger partial charge is 0.406 e. The lowest BCUT2D eigenvalue weighted by molar-refractivity contribution is -0.274. The highest BCUT2D eigenvalue weighted by Gasteiger charge is 2.45. The molecule has 9 nitrogen and oxygen atoms in total. The molecular formula is C22H27F3N4O5. The number of pyridine rings is 1. The normalized spacial score (nSPS) is 22.6. The van der Waals surface area contributed by atoms with Crippen molar-refractivity contribution >= 4 is 11.7 Å². The Hall–Kier alpha value is -2.93. The number of hydrogen-bond donors (Lipinski definition) is 4. The molecular weight excluding hydrogens is 457 g/mol. The number of ether oxygens (including phenoxy) is 2. The van der Waals surface area contributed by atoms with Crippen LogP contribution in [0.1, 0.15) is 5.69 Å². The maximum atomic E-state index is 12.3. The summed E-state index contributed by atoms with van der Waals surface area (Å²) >= 11 is 0. The van der Waals surface area contributed by atoms with Gasteiger partial charge in [-0.05, 0) is 43.4 Å². The maximum Gasteiger partial charge on any atom is 0.573 e. The van der Waals surface area contributed by atoms with E-state index in [4.69, 9.17) is 4.74 Å². The van der Waals surface area contributed by atoms with Crippen LogP contribution in [0.2, 0.25) is 0 Å². The molecule has 0 radical (unpaired) electrons. The number of nitrogens with zero attached hydrogens (tertiary/aromatic N) is 2. The van der Waals surface area contributed by atoms with E-state index in [-0.39, 0.29) is 18.8 Å². The van der Waals surface area contributed by atoms with Gasteiger partial charge in [-0.15, -0.1) is 13.2 Å². The third-order valence-corrected chi connectivity index (χ3v) is 5.41. The van der Waals surface area contributed by atoms with Gasteiger partial charge < -0.3 is 30.3 Å². The minimum absolute atomic E-state index is 0.0350. The summed E-state index contributed by atoms with van der Waals surface area (Å²) in [5, 5.41) is 25.3. The molecule has 2 aromatic rings. The molecule has 0 saturated carbocycles. The predicted octanol–water partition coefficient (Wildman–Crippen LogP) is 1.77. The fourth-order valence-electron chi connectivity index (χ4n) is 3.78. The Morgan fingerprint density at radius 3 is 2.56 bits per heavy atom. The molecule has 2 heterocycles. The summed E-state index contributed by atoms with van der Waals surface area (Å²) < 4.78 is 46.3. The van der Waals surface area contributed by atoms with E-state index in [1.165, 1.54) is 12.1 Å². The number of carbonyl (C=O) groups excluding carboxylic acids is 1. The molecule has 1 saturated heterocycles. The molecule has 4 unspecified atom stereocenters. The van der Waals surface area contributed by atoms with Gasteiger partial charge in [-0.1, -0.05) is 6.07 Å². The van der Waals surface area contributed by atoms with E-state index in [2.05, 4.69) is 20.4 Å². The second kappa shape index (κ2) is 11.5. The van der Waals surface area contributed by atoms with Gasteiger partial charge in [-0.3, -0.25) is 9.88 Å². The van der Waals surface area contributed by atoms with Gasteiger partial charge in [0.15, 0.2) is 0 Å². The largest absolute Gasteiger partial charge is 0.573 e. The fourth-order valence-corrected chi connectivity index (χ4v) is 3.78. The van der Waals surface area contributed by atoms with Gasteiger partial charge in [0.2, 0.25) is 0 Å². The lowest BCUT2D eigenvalue weighted by Crippen LogP contribution is -2.50. The SMILES string of the molecule is CN(CCc1ccccn1)C1C(CNC(=O)Nc2ccc(OC(F)(F)F)cc2)OC(CO)C1O. The summed E-state index contributed by atoms with van der Waals surface area (Å²) in [5.41, 5.74) is 1.15. The summed E-state index contributed by atoms with van der Waals surface area (Å²) in [6.45, 7) is 0.226. The van der Waals surface area contributed by atoms with Crippen molar-refractivity contribution in [2.75, 3.05) is 32.1 Å². The lowest BCUT2D eigenvalue weighted by Gasteiger charge is -2.30. The second-order valence-corrected chi connectivity index (χ2v) is 7.84. The van der Waals surface area contributed by atoms with Crippen LogP contribution in [0.15, 0.2) is 48.7 Å². The van der Waals surface area contributed by atoms with Crippen LogP contribution in [0.4, 0.5) is 23.7 Å². The summed E-state index contributed by atoms with van der Waals surface area (Å²) in [5.74, 6) is -0.404. The molecule has 1 aromatic carbocycles. The quantitative estimate of drug-likeness (QED) is 0.429. The van der Waals surface area contributed by atoms with Crippen LogP contribution in [0.25, 0.3) is 0 Å². The van der Waals surface area contributed by atoms with E-state index < -0.39 is 42.5 Å². The predicted molar refractivity (Wildman–Crippen MR) is 116 cm³/mol. The molecule has 4 atom stereocenters. The van der Waals surface area contributed by atoms with Crippen molar-refractivity contribution in [2.45, 2.75) is 37.1 Å². The molecule has 0 bridgehead atoms. The number of nitrogens with one attached hydrogen (secondary N) is 2. The van der Waals surface area contributed by atoms with Gasteiger partial charge in [0.25, 0.3) is 0 Å². The van der Waals surface area contributed by atoms with Crippen molar-refractivity contribution < 1.29 is 37.7 Å². The molecule has 4 N–H and O–H groups in total. The van der Waals surface area contributed by atoms with Crippen LogP contribution in [0.3, 0.4) is 0 Å². The number of aliphatic hydroxyl groups is 2. The Balaban J connectivity index is 1.54. The first kappa shape index (κ1) is 25.7. The number of benzene rings is 1. The molecule has 0 aliphatic carbocycles. The summed E-state index contributed by atoms with van der Waals surface area (Å²) in [7, 11) is 1.82. The first-order chi connectivity index (χ1) is 16.2. The standard InChI is InChI=1S/C22H27F3N4O5/c1-29(11-9-14-4-2-3-10-26-14)19-17(33-18(13-30)20(19)31)12-27-21(32)28-15-5-7-16(8-6-15)34-22(23,24)25/h2-8,10,17-20,30-31H,9,11-13H2,1H3,(H2,27,28,32). The van der Waals surface area contributed by atoms with E-state index in [1.54, 1.807) is 6.20 Å². The minimum atomic E-state index is -4.80.